The van der Waals surface area contributed by atoms with Gasteiger partial charge in [0.25, 0.3) is 11.8 Å². The number of amides is 4. The maximum absolute atomic E-state index is 15.4. The zero-order valence-corrected chi connectivity index (χ0v) is 34.6. The van der Waals surface area contributed by atoms with Gasteiger partial charge in [-0.2, -0.15) is 15.2 Å². The molecule has 0 unspecified atom stereocenters. The van der Waals surface area contributed by atoms with Crippen molar-refractivity contribution in [3.8, 4) is 5.75 Å². The largest absolute Gasteiger partial charge is 0.507 e. The molecule has 11 nitrogen and oxygen atoms in total. The second-order valence-electron chi connectivity index (χ2n) is 16.5. The molecule has 9 rings (SSSR count). The van der Waals surface area contributed by atoms with Crippen LogP contribution in [-0.2, 0) is 24.6 Å². The standard InChI is InChI=1S/C48H42ClFN6O5/c1-26-23-28(24-27(2)43(26)57)42-37-21-22-38-41(46(60)55(44(38)58)36-19-15-33(16-20-36)52-51-32-13-17-35(18-14-32)54(3)4)39(37)25-40-45(59)56(53-34-11-9-31(50)10-12-34)47(61)48(40,42)29-5-7-30(49)8-6-29/h5-21,23-24,38-42,53,57H,22,25H2,1-4H3/t38-,39+,40-,41-,42-,48+/m0/s1. The number of halogens is 2. The van der Waals surface area contributed by atoms with Gasteiger partial charge in [0.1, 0.15) is 11.6 Å². The number of benzene rings is 5. The van der Waals surface area contributed by atoms with Crippen LogP contribution in [0.3, 0.4) is 0 Å². The molecule has 0 spiro atoms. The fraction of sp³-hybridized carbons (Fsp3) is 0.250. The fourth-order valence-corrected chi connectivity index (χ4v) is 10.2. The van der Waals surface area contributed by atoms with Crippen molar-refractivity contribution in [3.05, 3.63) is 154 Å². The van der Waals surface area contributed by atoms with E-state index in [4.69, 9.17) is 11.6 Å². The predicted molar refractivity (Wildman–Crippen MR) is 230 cm³/mol. The van der Waals surface area contributed by atoms with E-state index in [9.17, 15) is 23.9 Å². The third-order valence-corrected chi connectivity index (χ3v) is 13.1. The molecule has 61 heavy (non-hydrogen) atoms. The number of carbonyl (C=O) groups excluding carboxylic acids is 4. The Labute approximate surface area is 357 Å². The highest BCUT2D eigenvalue weighted by molar-refractivity contribution is 6.30. The average Bonchev–Trinajstić information content (AvgIpc) is 3.63. The van der Waals surface area contributed by atoms with E-state index in [1.54, 1.807) is 62.4 Å². The maximum atomic E-state index is 15.4. The molecule has 5 aromatic carbocycles. The lowest BCUT2D eigenvalue weighted by molar-refractivity contribution is -0.138. The Hall–Kier alpha value is -6.66. The van der Waals surface area contributed by atoms with Gasteiger partial charge in [-0.1, -0.05) is 47.5 Å². The van der Waals surface area contributed by atoms with Gasteiger partial charge >= 0.3 is 0 Å². The summed E-state index contributed by atoms with van der Waals surface area (Å²) in [5, 5.41) is 21.1. The first-order valence-electron chi connectivity index (χ1n) is 20.1. The number of imide groups is 2. The SMILES string of the molecule is Cc1cc([C@H]2C3=CC[C@@H]4C(=O)N(c5ccc(N=Nc6ccc(N(C)C)cc6)cc5)C(=O)[C@@H]4[C@@H]3C[C@H]3C(=O)N(Nc4ccc(F)cc4)C(=O)[C@@]23c2ccc(Cl)cc2)cc(C)c1O. The molecule has 2 aliphatic carbocycles. The number of allylic oxidation sites excluding steroid dienone is 2. The number of hydrazine groups is 1. The topological polar surface area (TPSA) is 135 Å². The highest BCUT2D eigenvalue weighted by Crippen LogP contribution is 2.64. The minimum Gasteiger partial charge on any atom is -0.507 e. The molecule has 2 heterocycles. The van der Waals surface area contributed by atoms with Crippen molar-refractivity contribution in [1.29, 1.82) is 0 Å². The van der Waals surface area contributed by atoms with Crippen molar-refractivity contribution in [1.82, 2.24) is 5.01 Å². The molecular formula is C48H42ClFN6O5. The molecule has 3 fully saturated rings. The number of phenols is 1. The number of nitrogens with zero attached hydrogens (tertiary/aromatic N) is 5. The minimum absolute atomic E-state index is 0.0933. The van der Waals surface area contributed by atoms with Gasteiger partial charge in [0.2, 0.25) is 11.8 Å². The molecule has 4 aliphatic rings. The van der Waals surface area contributed by atoms with Crippen molar-refractivity contribution < 1.29 is 28.7 Å². The van der Waals surface area contributed by atoms with Crippen molar-refractivity contribution in [3.63, 3.8) is 0 Å². The number of azo groups is 1. The fourth-order valence-electron chi connectivity index (χ4n) is 10.0. The first-order valence-corrected chi connectivity index (χ1v) is 20.5. The Morgan fingerprint density at radius 2 is 1.39 bits per heavy atom. The summed E-state index contributed by atoms with van der Waals surface area (Å²) < 4.78 is 14.0. The number of rotatable bonds is 8. The van der Waals surface area contributed by atoms with Gasteiger partial charge in [-0.25, -0.2) is 4.39 Å². The second kappa shape index (κ2) is 15.1. The van der Waals surface area contributed by atoms with Crippen molar-refractivity contribution in [2.75, 3.05) is 29.3 Å². The number of phenolic OH excluding ortho intramolecular Hbond substituents is 1. The van der Waals surface area contributed by atoms with Crippen LogP contribution in [0.25, 0.3) is 0 Å². The third kappa shape index (κ3) is 6.48. The monoisotopic (exact) mass is 836 g/mol. The molecule has 0 aromatic heterocycles. The number of fused-ring (bicyclic) bond motifs is 4. The zero-order chi connectivity index (χ0) is 42.9. The molecule has 6 atom stereocenters. The van der Waals surface area contributed by atoms with Crippen molar-refractivity contribution in [2.24, 2.45) is 33.9 Å². The molecule has 2 saturated heterocycles. The number of hydrogen-bond acceptors (Lipinski definition) is 9. The van der Waals surface area contributed by atoms with Gasteiger partial charge < -0.3 is 10.0 Å². The average molecular weight is 837 g/mol. The molecule has 1 saturated carbocycles. The van der Waals surface area contributed by atoms with Gasteiger partial charge in [-0.05, 0) is 140 Å². The summed E-state index contributed by atoms with van der Waals surface area (Å²) in [7, 11) is 3.92. The smallest absolute Gasteiger partial charge is 0.260 e. The van der Waals surface area contributed by atoms with Gasteiger partial charge in [-0.3, -0.25) is 29.5 Å². The van der Waals surface area contributed by atoms with Crippen molar-refractivity contribution >= 4 is 63.7 Å². The van der Waals surface area contributed by atoms with E-state index < -0.39 is 52.6 Å². The zero-order valence-electron chi connectivity index (χ0n) is 33.8. The van der Waals surface area contributed by atoms with E-state index in [2.05, 4.69) is 15.7 Å². The van der Waals surface area contributed by atoms with E-state index in [0.29, 0.717) is 50.0 Å². The second-order valence-corrected chi connectivity index (χ2v) is 17.0. The van der Waals surface area contributed by atoms with Crippen LogP contribution in [0.4, 0.5) is 32.8 Å². The van der Waals surface area contributed by atoms with Crippen LogP contribution >= 0.6 is 11.6 Å². The molecule has 2 N–H and O–H groups in total. The molecule has 4 amide bonds. The van der Waals surface area contributed by atoms with Crippen LogP contribution < -0.4 is 15.2 Å². The summed E-state index contributed by atoms with van der Waals surface area (Å²) in [6, 6.07) is 30.3. The number of aryl methyl sites for hydroxylation is 2. The lowest BCUT2D eigenvalue weighted by atomic mass is 9.49. The van der Waals surface area contributed by atoms with E-state index in [1.165, 1.54) is 29.2 Å². The Morgan fingerprint density at radius 1 is 0.787 bits per heavy atom. The maximum Gasteiger partial charge on any atom is 0.260 e. The summed E-state index contributed by atoms with van der Waals surface area (Å²) in [4.78, 5) is 62.7. The Bertz CT molecular complexity index is 2640. The van der Waals surface area contributed by atoms with E-state index >= 15 is 4.79 Å². The Morgan fingerprint density at radius 3 is 2.00 bits per heavy atom. The van der Waals surface area contributed by atoms with Gasteiger partial charge in [0, 0.05) is 30.7 Å². The third-order valence-electron chi connectivity index (χ3n) is 12.9. The van der Waals surface area contributed by atoms with Crippen LogP contribution in [0, 0.1) is 43.3 Å². The molecule has 2 aliphatic heterocycles. The molecule has 5 aromatic rings. The van der Waals surface area contributed by atoms with E-state index in [1.807, 2.05) is 61.5 Å². The number of hydrogen-bond donors (Lipinski definition) is 2. The van der Waals surface area contributed by atoms with Crippen molar-refractivity contribution in [2.45, 2.75) is 38.0 Å². The Balaban J connectivity index is 1.12. The van der Waals surface area contributed by atoms with Gasteiger partial charge in [0.05, 0.1) is 45.9 Å². The van der Waals surface area contributed by atoms with E-state index in [-0.39, 0.29) is 30.4 Å². The molecule has 308 valence electrons. The highest BCUT2D eigenvalue weighted by Gasteiger charge is 2.70. The van der Waals surface area contributed by atoms with Crippen LogP contribution in [0.5, 0.6) is 5.75 Å². The summed E-state index contributed by atoms with van der Waals surface area (Å²) in [6.45, 7) is 3.56. The summed E-state index contributed by atoms with van der Waals surface area (Å²) in [5.41, 5.74) is 7.57. The minimum atomic E-state index is -1.54. The summed E-state index contributed by atoms with van der Waals surface area (Å²) in [5.74, 6) is -6.04. The molecule has 13 heteroatoms. The van der Waals surface area contributed by atoms with Crippen LogP contribution in [-0.4, -0.2) is 47.8 Å². The van der Waals surface area contributed by atoms with Crippen LogP contribution in [0.15, 0.2) is 131 Å². The first kappa shape index (κ1) is 39.8. The number of nitrogens with one attached hydrogen (secondary N) is 1. The lowest BCUT2D eigenvalue weighted by Crippen LogP contribution is -2.53. The summed E-state index contributed by atoms with van der Waals surface area (Å²) in [6.07, 6.45) is 2.32. The highest BCUT2D eigenvalue weighted by atomic mass is 35.5. The van der Waals surface area contributed by atoms with E-state index in [0.717, 1.165) is 16.3 Å². The predicted octanol–water partition coefficient (Wildman–Crippen LogP) is 9.47. The van der Waals surface area contributed by atoms with Gasteiger partial charge in [0.15, 0.2) is 0 Å². The number of anilines is 3. The summed E-state index contributed by atoms with van der Waals surface area (Å²) >= 11 is 6.42. The molecular weight excluding hydrogens is 795 g/mol. The normalized spacial score (nSPS) is 24.5. The van der Waals surface area contributed by atoms with Crippen LogP contribution in [0.1, 0.15) is 41.0 Å². The van der Waals surface area contributed by atoms with Gasteiger partial charge in [-0.15, -0.1) is 0 Å². The Kier molecular flexibility index (Phi) is 9.85. The number of aromatic hydroxyl groups is 1. The first-order chi connectivity index (χ1) is 29.3. The van der Waals surface area contributed by atoms with Crippen LogP contribution in [0.2, 0.25) is 5.02 Å². The molecule has 0 radical (unpaired) electrons. The number of carbonyl (C=O) groups is 4. The lowest BCUT2D eigenvalue weighted by Gasteiger charge is -2.50. The quantitative estimate of drug-likeness (QED) is 0.0904. The molecule has 0 bridgehead atoms.